The zero-order valence-electron chi connectivity index (χ0n) is 6.33. The number of hydrogen-bond donors (Lipinski definition) is 1. The lowest BCUT2D eigenvalue weighted by Crippen LogP contribution is -2.36. The maximum atomic E-state index is 5.64. The second-order valence-electron chi connectivity index (χ2n) is 2.83. The molecule has 0 saturated heterocycles. The predicted molar refractivity (Wildman–Crippen MR) is 42.5 cm³/mol. The highest BCUT2D eigenvalue weighted by Gasteiger charge is 2.12. The molecule has 0 amide bonds. The summed E-state index contributed by atoms with van der Waals surface area (Å²) in [6.45, 7) is 1.73. The number of aromatic nitrogens is 1. The van der Waals surface area contributed by atoms with Gasteiger partial charge in [-0.25, -0.2) is 5.01 Å². The number of hydrazine groups is 1. The summed E-state index contributed by atoms with van der Waals surface area (Å²) in [6.07, 6.45) is 2.84. The third kappa shape index (κ3) is 1.25. The van der Waals surface area contributed by atoms with Gasteiger partial charge in [-0.15, -0.1) is 0 Å². The van der Waals surface area contributed by atoms with Crippen LogP contribution in [0.15, 0.2) is 18.3 Å². The molecule has 11 heavy (non-hydrogen) atoms. The highest BCUT2D eigenvalue weighted by atomic mass is 15.4. The summed E-state index contributed by atoms with van der Waals surface area (Å²) >= 11 is 0. The van der Waals surface area contributed by atoms with Crippen LogP contribution in [-0.4, -0.2) is 16.5 Å². The van der Waals surface area contributed by atoms with Gasteiger partial charge in [-0.2, -0.15) is 0 Å². The molecule has 0 aromatic carbocycles. The van der Waals surface area contributed by atoms with Gasteiger partial charge in [0.25, 0.3) is 0 Å². The van der Waals surface area contributed by atoms with Crippen LogP contribution in [0.25, 0.3) is 0 Å². The molecule has 0 fully saturated rings. The quantitative estimate of drug-likeness (QED) is 0.540. The summed E-state index contributed by atoms with van der Waals surface area (Å²) < 4.78 is 0. The van der Waals surface area contributed by atoms with Crippen molar-refractivity contribution in [1.29, 1.82) is 0 Å². The molecule has 2 rings (SSSR count). The van der Waals surface area contributed by atoms with Crippen LogP contribution in [0.4, 0.5) is 0 Å². The van der Waals surface area contributed by atoms with Gasteiger partial charge in [0, 0.05) is 12.7 Å². The SMILES string of the molecule is NN1CCc2cccnc2C1. The molecule has 0 unspecified atom stereocenters. The Balaban J connectivity index is 2.34. The molecule has 1 aromatic heterocycles. The standard InChI is InChI=1S/C8H11N3/c9-11-5-3-7-2-1-4-10-8(7)6-11/h1-2,4H,3,5-6,9H2. The Kier molecular flexibility index (Phi) is 1.60. The Hall–Kier alpha value is -0.930. The molecule has 58 valence electrons. The summed E-state index contributed by atoms with van der Waals surface area (Å²) in [6, 6.07) is 4.10. The van der Waals surface area contributed by atoms with Gasteiger partial charge in [0.15, 0.2) is 0 Å². The molecular weight excluding hydrogens is 138 g/mol. The van der Waals surface area contributed by atoms with Crippen LogP contribution in [-0.2, 0) is 13.0 Å². The highest BCUT2D eigenvalue weighted by Crippen LogP contribution is 2.12. The Morgan fingerprint density at radius 3 is 3.36 bits per heavy atom. The Labute approximate surface area is 65.8 Å². The molecule has 0 bridgehead atoms. The first-order chi connectivity index (χ1) is 5.36. The zero-order valence-corrected chi connectivity index (χ0v) is 6.33. The van der Waals surface area contributed by atoms with Crippen LogP contribution in [0.2, 0.25) is 0 Å². The van der Waals surface area contributed by atoms with Crippen molar-refractivity contribution in [2.45, 2.75) is 13.0 Å². The van der Waals surface area contributed by atoms with E-state index in [4.69, 9.17) is 5.84 Å². The van der Waals surface area contributed by atoms with Gasteiger partial charge in [-0.05, 0) is 18.1 Å². The number of nitrogens with zero attached hydrogens (tertiary/aromatic N) is 2. The lowest BCUT2D eigenvalue weighted by Gasteiger charge is -2.22. The molecule has 1 aliphatic heterocycles. The van der Waals surface area contributed by atoms with Crippen molar-refractivity contribution >= 4 is 0 Å². The molecular formula is C8H11N3. The molecule has 0 atom stereocenters. The van der Waals surface area contributed by atoms with E-state index in [1.807, 2.05) is 12.3 Å². The van der Waals surface area contributed by atoms with E-state index in [1.165, 1.54) is 5.56 Å². The van der Waals surface area contributed by atoms with E-state index in [1.54, 1.807) is 5.01 Å². The predicted octanol–water partition coefficient (Wildman–Crippen LogP) is 0.313. The minimum Gasteiger partial charge on any atom is -0.268 e. The van der Waals surface area contributed by atoms with Crippen molar-refractivity contribution in [2.75, 3.05) is 6.54 Å². The molecule has 3 heteroatoms. The third-order valence-electron chi connectivity index (χ3n) is 2.01. The molecule has 1 aliphatic rings. The fraction of sp³-hybridized carbons (Fsp3) is 0.375. The average molecular weight is 149 g/mol. The van der Waals surface area contributed by atoms with Crippen LogP contribution in [0.3, 0.4) is 0 Å². The van der Waals surface area contributed by atoms with Gasteiger partial charge in [0.1, 0.15) is 0 Å². The lowest BCUT2D eigenvalue weighted by atomic mass is 10.1. The summed E-state index contributed by atoms with van der Waals surface area (Å²) in [5.41, 5.74) is 2.47. The minimum absolute atomic E-state index is 0.788. The first kappa shape index (κ1) is 6.76. The van der Waals surface area contributed by atoms with E-state index < -0.39 is 0 Å². The minimum atomic E-state index is 0.788. The second kappa shape index (κ2) is 2.60. The fourth-order valence-electron chi connectivity index (χ4n) is 1.38. The topological polar surface area (TPSA) is 42.1 Å². The van der Waals surface area contributed by atoms with Crippen molar-refractivity contribution in [3.63, 3.8) is 0 Å². The van der Waals surface area contributed by atoms with Crippen LogP contribution in [0.5, 0.6) is 0 Å². The molecule has 0 spiro atoms. The molecule has 2 heterocycles. The number of rotatable bonds is 0. The summed E-state index contributed by atoms with van der Waals surface area (Å²) in [5.74, 6) is 5.64. The normalized spacial score (nSPS) is 17.9. The van der Waals surface area contributed by atoms with Gasteiger partial charge in [-0.1, -0.05) is 6.07 Å². The zero-order chi connectivity index (χ0) is 7.68. The molecule has 0 saturated carbocycles. The number of pyridine rings is 1. The first-order valence-electron chi connectivity index (χ1n) is 3.78. The summed E-state index contributed by atoms with van der Waals surface area (Å²) in [4.78, 5) is 4.25. The molecule has 3 nitrogen and oxygen atoms in total. The maximum absolute atomic E-state index is 5.64. The molecule has 0 radical (unpaired) electrons. The van der Waals surface area contributed by atoms with E-state index in [9.17, 15) is 0 Å². The monoisotopic (exact) mass is 149 g/mol. The van der Waals surface area contributed by atoms with Gasteiger partial charge in [0.2, 0.25) is 0 Å². The van der Waals surface area contributed by atoms with Gasteiger partial charge >= 0.3 is 0 Å². The van der Waals surface area contributed by atoms with Crippen molar-refractivity contribution in [2.24, 2.45) is 5.84 Å². The largest absolute Gasteiger partial charge is 0.268 e. The average Bonchev–Trinajstić information content (AvgIpc) is 2.04. The maximum Gasteiger partial charge on any atom is 0.0590 e. The van der Waals surface area contributed by atoms with Crippen molar-refractivity contribution in [3.05, 3.63) is 29.6 Å². The third-order valence-corrected chi connectivity index (χ3v) is 2.01. The Morgan fingerprint density at radius 1 is 1.55 bits per heavy atom. The van der Waals surface area contributed by atoms with Crippen LogP contribution in [0.1, 0.15) is 11.3 Å². The first-order valence-corrected chi connectivity index (χ1v) is 3.78. The number of hydrogen-bond acceptors (Lipinski definition) is 3. The van der Waals surface area contributed by atoms with Crippen LogP contribution >= 0.6 is 0 Å². The lowest BCUT2D eigenvalue weighted by molar-refractivity contribution is 0.258. The number of nitrogens with two attached hydrogens (primary N) is 1. The fourth-order valence-corrected chi connectivity index (χ4v) is 1.38. The number of fused-ring (bicyclic) bond motifs is 1. The van der Waals surface area contributed by atoms with Gasteiger partial charge in [0.05, 0.1) is 12.2 Å². The van der Waals surface area contributed by atoms with E-state index in [-0.39, 0.29) is 0 Å². The second-order valence-corrected chi connectivity index (χ2v) is 2.83. The Bertz CT molecular complexity index is 259. The highest BCUT2D eigenvalue weighted by molar-refractivity contribution is 5.21. The van der Waals surface area contributed by atoms with Gasteiger partial charge in [-0.3, -0.25) is 10.8 Å². The van der Waals surface area contributed by atoms with E-state index in [2.05, 4.69) is 11.1 Å². The van der Waals surface area contributed by atoms with Crippen molar-refractivity contribution < 1.29 is 0 Å². The molecule has 2 N–H and O–H groups in total. The van der Waals surface area contributed by atoms with Gasteiger partial charge < -0.3 is 0 Å². The summed E-state index contributed by atoms with van der Waals surface area (Å²) in [7, 11) is 0. The summed E-state index contributed by atoms with van der Waals surface area (Å²) in [5, 5.41) is 1.80. The smallest absolute Gasteiger partial charge is 0.0590 e. The molecule has 1 aromatic rings. The van der Waals surface area contributed by atoms with Crippen molar-refractivity contribution in [3.8, 4) is 0 Å². The van der Waals surface area contributed by atoms with E-state index in [0.717, 1.165) is 25.2 Å². The van der Waals surface area contributed by atoms with E-state index in [0.29, 0.717) is 0 Å². The van der Waals surface area contributed by atoms with E-state index >= 15 is 0 Å². The van der Waals surface area contributed by atoms with Crippen molar-refractivity contribution in [1.82, 2.24) is 9.99 Å². The van der Waals surface area contributed by atoms with Crippen LogP contribution in [0, 0.1) is 0 Å². The molecule has 0 aliphatic carbocycles. The van der Waals surface area contributed by atoms with Crippen LogP contribution < -0.4 is 5.84 Å². The Morgan fingerprint density at radius 2 is 2.45 bits per heavy atom.